The summed E-state index contributed by atoms with van der Waals surface area (Å²) in [5, 5.41) is 2.62. The van der Waals surface area contributed by atoms with E-state index in [-0.39, 0.29) is 5.91 Å². The summed E-state index contributed by atoms with van der Waals surface area (Å²) >= 11 is 7.45. The smallest absolute Gasteiger partial charge is 0.248 e. The van der Waals surface area contributed by atoms with Crippen LogP contribution in [-0.4, -0.2) is 15.9 Å². The Hall–Kier alpha value is -2.18. The molecular formula is C16H13ClN4OS. The SMILES string of the molecule is O=C(NNc1ncnc2ccsc12)C1(c2ccc(Cl)cc2)CC1. The first-order chi connectivity index (χ1) is 11.2. The molecule has 1 aliphatic carbocycles. The van der Waals surface area contributed by atoms with Gasteiger partial charge in [0.2, 0.25) is 5.91 Å². The van der Waals surface area contributed by atoms with E-state index < -0.39 is 5.41 Å². The molecule has 4 rings (SSSR count). The molecule has 116 valence electrons. The van der Waals surface area contributed by atoms with Crippen molar-refractivity contribution in [2.24, 2.45) is 0 Å². The van der Waals surface area contributed by atoms with Crippen molar-refractivity contribution in [1.29, 1.82) is 0 Å². The number of hydrazine groups is 1. The van der Waals surface area contributed by atoms with Crippen LogP contribution in [0.5, 0.6) is 0 Å². The van der Waals surface area contributed by atoms with E-state index >= 15 is 0 Å². The maximum absolute atomic E-state index is 12.6. The highest BCUT2D eigenvalue weighted by molar-refractivity contribution is 7.17. The van der Waals surface area contributed by atoms with Crippen molar-refractivity contribution in [3.63, 3.8) is 0 Å². The largest absolute Gasteiger partial charge is 0.281 e. The molecule has 0 radical (unpaired) electrons. The van der Waals surface area contributed by atoms with Gasteiger partial charge in [0, 0.05) is 5.02 Å². The van der Waals surface area contributed by atoms with Crippen LogP contribution in [0, 0.1) is 0 Å². The molecule has 1 amide bonds. The van der Waals surface area contributed by atoms with Crippen molar-refractivity contribution in [3.05, 3.63) is 52.6 Å². The topological polar surface area (TPSA) is 66.9 Å². The Kier molecular flexibility index (Phi) is 3.43. The van der Waals surface area contributed by atoms with Crippen LogP contribution in [0.1, 0.15) is 18.4 Å². The molecule has 23 heavy (non-hydrogen) atoms. The predicted octanol–water partition coefficient (Wildman–Crippen LogP) is 3.52. The molecule has 5 nitrogen and oxygen atoms in total. The first-order valence-electron chi connectivity index (χ1n) is 7.20. The van der Waals surface area contributed by atoms with Gasteiger partial charge in [-0.2, -0.15) is 0 Å². The van der Waals surface area contributed by atoms with Gasteiger partial charge in [-0.3, -0.25) is 15.6 Å². The maximum atomic E-state index is 12.6. The molecule has 0 spiro atoms. The summed E-state index contributed by atoms with van der Waals surface area (Å²) in [5.74, 6) is 0.563. The van der Waals surface area contributed by atoms with E-state index in [1.165, 1.54) is 17.7 Å². The molecule has 1 saturated carbocycles. The van der Waals surface area contributed by atoms with Crippen molar-refractivity contribution in [3.8, 4) is 0 Å². The van der Waals surface area contributed by atoms with Crippen molar-refractivity contribution in [1.82, 2.24) is 15.4 Å². The minimum absolute atomic E-state index is 0.0526. The lowest BCUT2D eigenvalue weighted by atomic mass is 9.95. The summed E-state index contributed by atoms with van der Waals surface area (Å²) in [5.41, 5.74) is 7.12. The molecule has 1 aliphatic rings. The number of thiophene rings is 1. The van der Waals surface area contributed by atoms with Crippen molar-refractivity contribution in [2.75, 3.05) is 5.43 Å². The van der Waals surface area contributed by atoms with Crippen LogP contribution >= 0.6 is 22.9 Å². The van der Waals surface area contributed by atoms with Crippen molar-refractivity contribution < 1.29 is 4.79 Å². The number of anilines is 1. The summed E-state index contributed by atoms with van der Waals surface area (Å²) in [6, 6.07) is 9.38. The molecule has 0 atom stereocenters. The highest BCUT2D eigenvalue weighted by Crippen LogP contribution is 2.48. The van der Waals surface area contributed by atoms with Crippen LogP contribution in [0.15, 0.2) is 42.0 Å². The Morgan fingerprint density at radius 3 is 2.70 bits per heavy atom. The van der Waals surface area contributed by atoms with E-state index in [0.29, 0.717) is 10.8 Å². The van der Waals surface area contributed by atoms with Crippen molar-refractivity contribution in [2.45, 2.75) is 18.3 Å². The fraction of sp³-hybridized carbons (Fsp3) is 0.188. The number of benzene rings is 1. The zero-order chi connectivity index (χ0) is 15.9. The molecule has 0 aliphatic heterocycles. The van der Waals surface area contributed by atoms with Gasteiger partial charge in [-0.25, -0.2) is 9.97 Å². The molecule has 1 aromatic carbocycles. The van der Waals surface area contributed by atoms with Gasteiger partial charge in [0.05, 0.1) is 15.6 Å². The quantitative estimate of drug-likeness (QED) is 0.711. The fourth-order valence-corrected chi connectivity index (χ4v) is 3.57. The number of carbonyl (C=O) groups is 1. The van der Waals surface area contributed by atoms with Crippen LogP contribution in [0.2, 0.25) is 5.02 Å². The standard InChI is InChI=1S/C16H13ClN4OS/c17-11-3-1-10(2-4-11)16(6-7-16)15(22)21-20-14-13-12(5-8-23-13)18-9-19-14/h1-5,8-9H,6-7H2,(H,21,22)(H,18,19,20). The number of carbonyl (C=O) groups excluding carboxylic acids is 1. The first-order valence-corrected chi connectivity index (χ1v) is 8.45. The second-order valence-corrected chi connectivity index (χ2v) is 6.88. The molecule has 2 N–H and O–H groups in total. The van der Waals surface area contributed by atoms with Crippen molar-refractivity contribution >= 4 is 44.9 Å². The van der Waals surface area contributed by atoms with Gasteiger partial charge in [-0.15, -0.1) is 11.3 Å². The molecule has 2 aromatic heterocycles. The molecule has 1 fully saturated rings. The third-order valence-electron chi connectivity index (χ3n) is 4.12. The summed E-state index contributed by atoms with van der Waals surface area (Å²) in [4.78, 5) is 21.0. The van der Waals surface area contributed by atoms with Gasteiger partial charge in [0.25, 0.3) is 0 Å². The molecule has 2 heterocycles. The van der Waals surface area contributed by atoms with Gasteiger partial charge in [-0.1, -0.05) is 23.7 Å². The highest BCUT2D eigenvalue weighted by Gasteiger charge is 2.51. The zero-order valence-corrected chi connectivity index (χ0v) is 13.6. The number of hydrogen-bond donors (Lipinski definition) is 2. The van der Waals surface area contributed by atoms with E-state index in [1.807, 2.05) is 35.7 Å². The number of hydrogen-bond acceptors (Lipinski definition) is 5. The van der Waals surface area contributed by atoms with Crippen LogP contribution in [0.4, 0.5) is 5.82 Å². The Morgan fingerprint density at radius 1 is 1.17 bits per heavy atom. The third kappa shape index (κ3) is 2.54. The fourth-order valence-electron chi connectivity index (χ4n) is 2.65. The monoisotopic (exact) mass is 344 g/mol. The van der Waals surface area contributed by atoms with E-state index in [0.717, 1.165) is 28.6 Å². The van der Waals surface area contributed by atoms with E-state index in [9.17, 15) is 4.79 Å². The summed E-state index contributed by atoms with van der Waals surface area (Å²) < 4.78 is 0.920. The number of aromatic nitrogens is 2. The lowest BCUT2D eigenvalue weighted by Gasteiger charge is -2.16. The average Bonchev–Trinajstić information content (AvgIpc) is 3.23. The van der Waals surface area contributed by atoms with Gasteiger partial charge in [0.15, 0.2) is 5.82 Å². The maximum Gasteiger partial charge on any atom is 0.248 e. The molecular weight excluding hydrogens is 332 g/mol. The highest BCUT2D eigenvalue weighted by atomic mass is 35.5. The zero-order valence-electron chi connectivity index (χ0n) is 12.0. The molecule has 0 unspecified atom stereocenters. The summed E-state index contributed by atoms with van der Waals surface area (Å²) in [6.07, 6.45) is 3.15. The Labute approximate surface area is 141 Å². The Balaban J connectivity index is 1.52. The molecule has 3 aromatic rings. The number of amides is 1. The number of nitrogens with one attached hydrogen (secondary N) is 2. The summed E-state index contributed by atoms with van der Waals surface area (Å²) in [7, 11) is 0. The van der Waals surface area contributed by atoms with Crippen LogP contribution in [0.3, 0.4) is 0 Å². The van der Waals surface area contributed by atoms with Gasteiger partial charge in [-0.05, 0) is 42.0 Å². The normalized spacial score (nSPS) is 15.3. The Bertz CT molecular complexity index is 873. The molecule has 0 bridgehead atoms. The minimum atomic E-state index is -0.459. The van der Waals surface area contributed by atoms with Crippen LogP contribution in [-0.2, 0) is 10.2 Å². The van der Waals surface area contributed by atoms with Crippen LogP contribution < -0.4 is 10.9 Å². The van der Waals surface area contributed by atoms with E-state index in [4.69, 9.17) is 11.6 Å². The van der Waals surface area contributed by atoms with Gasteiger partial charge >= 0.3 is 0 Å². The third-order valence-corrected chi connectivity index (χ3v) is 5.28. The number of halogens is 1. The lowest BCUT2D eigenvalue weighted by molar-refractivity contribution is -0.123. The lowest BCUT2D eigenvalue weighted by Crippen LogP contribution is -2.38. The number of fused-ring (bicyclic) bond motifs is 1. The van der Waals surface area contributed by atoms with E-state index in [1.54, 1.807) is 0 Å². The second-order valence-electron chi connectivity index (χ2n) is 5.53. The average molecular weight is 345 g/mol. The minimum Gasteiger partial charge on any atom is -0.281 e. The summed E-state index contributed by atoms with van der Waals surface area (Å²) in [6.45, 7) is 0. The number of nitrogens with zero attached hydrogens (tertiary/aromatic N) is 2. The van der Waals surface area contributed by atoms with E-state index in [2.05, 4.69) is 20.8 Å². The first kappa shape index (κ1) is 14.4. The van der Waals surface area contributed by atoms with Gasteiger partial charge in [0.1, 0.15) is 6.33 Å². The number of rotatable bonds is 4. The predicted molar refractivity (Wildman–Crippen MR) is 91.5 cm³/mol. The van der Waals surface area contributed by atoms with Crippen LogP contribution in [0.25, 0.3) is 10.2 Å². The van der Waals surface area contributed by atoms with Gasteiger partial charge < -0.3 is 0 Å². The second kappa shape index (κ2) is 5.47. The Morgan fingerprint density at radius 2 is 1.96 bits per heavy atom. The molecule has 0 saturated heterocycles. The molecule has 7 heteroatoms.